The molecule has 0 N–H and O–H groups in total. The van der Waals surface area contributed by atoms with Gasteiger partial charge in [-0.05, 0) is 37.3 Å². The van der Waals surface area contributed by atoms with Crippen LogP contribution in [0.3, 0.4) is 0 Å². The number of Topliss-reactive ketones (excluding diaryl/α,β-unsaturated/α-hetero) is 1. The van der Waals surface area contributed by atoms with Gasteiger partial charge in [-0.3, -0.25) is 9.59 Å². The molecule has 0 saturated heterocycles. The number of pyridine rings is 1. The van der Waals surface area contributed by atoms with E-state index in [0.717, 1.165) is 30.5 Å². The second-order valence-corrected chi connectivity index (χ2v) is 5.32. The Bertz CT molecular complexity index is 728. The molecule has 3 heteroatoms. The van der Waals surface area contributed by atoms with E-state index in [1.54, 1.807) is 10.6 Å². The van der Waals surface area contributed by atoms with Crippen LogP contribution in [0.2, 0.25) is 0 Å². The summed E-state index contributed by atoms with van der Waals surface area (Å²) in [5, 5.41) is 0. The summed E-state index contributed by atoms with van der Waals surface area (Å²) in [7, 11) is 0. The van der Waals surface area contributed by atoms with Crippen molar-refractivity contribution < 1.29 is 4.79 Å². The molecule has 0 unspecified atom stereocenters. The predicted octanol–water partition coefficient (Wildman–Crippen LogP) is 2.53. The monoisotopic (exact) mass is 267 g/mol. The van der Waals surface area contributed by atoms with Crippen LogP contribution in [0, 0.1) is 6.92 Å². The van der Waals surface area contributed by atoms with Crippen molar-refractivity contribution in [1.29, 1.82) is 0 Å². The summed E-state index contributed by atoms with van der Waals surface area (Å²) in [4.78, 5) is 24.5. The van der Waals surface area contributed by atoms with Crippen molar-refractivity contribution in [1.82, 2.24) is 4.57 Å². The van der Waals surface area contributed by atoms with E-state index < -0.39 is 0 Å². The van der Waals surface area contributed by atoms with E-state index in [0.29, 0.717) is 5.56 Å². The first-order valence-corrected chi connectivity index (χ1v) is 6.97. The normalized spacial score (nSPS) is 13.2. The summed E-state index contributed by atoms with van der Waals surface area (Å²) in [6, 6.07) is 11.0. The zero-order valence-electron chi connectivity index (χ0n) is 11.6. The van der Waals surface area contributed by atoms with Crippen molar-refractivity contribution in [2.75, 3.05) is 0 Å². The molecule has 0 aliphatic heterocycles. The lowest BCUT2D eigenvalue weighted by atomic mass is 10.0. The molecular formula is C17H17NO2. The third-order valence-electron chi connectivity index (χ3n) is 4.00. The first kappa shape index (κ1) is 12.9. The van der Waals surface area contributed by atoms with Crippen LogP contribution in [0.15, 0.2) is 41.2 Å². The van der Waals surface area contributed by atoms with E-state index in [2.05, 4.69) is 0 Å². The Labute approximate surface area is 117 Å². The third kappa shape index (κ3) is 2.20. The Kier molecular flexibility index (Phi) is 3.26. The SMILES string of the molecule is Cc1ccccc1C(=O)Cn1c2c(ccc1=O)CCC2. The minimum Gasteiger partial charge on any atom is -0.305 e. The molecule has 1 aromatic heterocycles. The van der Waals surface area contributed by atoms with E-state index in [-0.39, 0.29) is 17.9 Å². The van der Waals surface area contributed by atoms with Crippen LogP contribution < -0.4 is 5.56 Å². The Hall–Kier alpha value is -2.16. The molecular weight excluding hydrogens is 250 g/mol. The molecule has 1 aliphatic carbocycles. The Morgan fingerprint density at radius 3 is 2.75 bits per heavy atom. The molecule has 1 aromatic carbocycles. The molecule has 3 nitrogen and oxygen atoms in total. The van der Waals surface area contributed by atoms with Crippen molar-refractivity contribution in [3.05, 3.63) is 69.1 Å². The van der Waals surface area contributed by atoms with Crippen LogP contribution in [0.25, 0.3) is 0 Å². The lowest BCUT2D eigenvalue weighted by Gasteiger charge is -2.12. The van der Waals surface area contributed by atoms with Crippen LogP contribution in [-0.4, -0.2) is 10.4 Å². The van der Waals surface area contributed by atoms with E-state index in [1.807, 2.05) is 37.3 Å². The van der Waals surface area contributed by atoms with Gasteiger partial charge in [-0.1, -0.05) is 30.3 Å². The molecule has 0 bridgehead atoms. The molecule has 1 heterocycles. The van der Waals surface area contributed by atoms with E-state index in [1.165, 1.54) is 5.56 Å². The smallest absolute Gasteiger partial charge is 0.251 e. The minimum absolute atomic E-state index is 0.00509. The van der Waals surface area contributed by atoms with Gasteiger partial charge in [0.25, 0.3) is 5.56 Å². The number of carbonyl (C=O) groups excluding carboxylic acids is 1. The Balaban J connectivity index is 1.97. The fraction of sp³-hybridized carbons (Fsp3) is 0.294. The number of rotatable bonds is 3. The summed E-state index contributed by atoms with van der Waals surface area (Å²) in [5.41, 5.74) is 3.84. The number of fused-ring (bicyclic) bond motifs is 1. The number of ketones is 1. The van der Waals surface area contributed by atoms with E-state index >= 15 is 0 Å². The van der Waals surface area contributed by atoms with Gasteiger partial charge in [0.15, 0.2) is 5.78 Å². The van der Waals surface area contributed by atoms with Gasteiger partial charge < -0.3 is 4.57 Å². The maximum atomic E-state index is 12.4. The summed E-state index contributed by atoms with van der Waals surface area (Å²) >= 11 is 0. The first-order valence-electron chi connectivity index (χ1n) is 6.97. The number of nitrogens with zero attached hydrogens (tertiary/aromatic N) is 1. The molecule has 0 spiro atoms. The largest absolute Gasteiger partial charge is 0.305 e. The number of aromatic nitrogens is 1. The van der Waals surface area contributed by atoms with Gasteiger partial charge in [-0.15, -0.1) is 0 Å². The van der Waals surface area contributed by atoms with Gasteiger partial charge in [0.05, 0.1) is 6.54 Å². The average Bonchev–Trinajstić information content (AvgIpc) is 2.91. The predicted molar refractivity (Wildman–Crippen MR) is 78.2 cm³/mol. The molecule has 0 saturated carbocycles. The van der Waals surface area contributed by atoms with Crippen molar-refractivity contribution in [2.45, 2.75) is 32.7 Å². The Morgan fingerprint density at radius 1 is 1.15 bits per heavy atom. The van der Waals surface area contributed by atoms with Gasteiger partial charge >= 0.3 is 0 Å². The molecule has 2 aromatic rings. The Morgan fingerprint density at radius 2 is 1.95 bits per heavy atom. The van der Waals surface area contributed by atoms with Crippen LogP contribution in [-0.2, 0) is 19.4 Å². The highest BCUT2D eigenvalue weighted by molar-refractivity contribution is 5.97. The summed E-state index contributed by atoms with van der Waals surface area (Å²) < 4.78 is 1.65. The molecule has 3 rings (SSSR count). The van der Waals surface area contributed by atoms with Crippen LogP contribution in [0.4, 0.5) is 0 Å². The van der Waals surface area contributed by atoms with Crippen LogP contribution in [0.5, 0.6) is 0 Å². The van der Waals surface area contributed by atoms with Crippen LogP contribution >= 0.6 is 0 Å². The molecule has 102 valence electrons. The number of benzene rings is 1. The lowest BCUT2D eigenvalue weighted by molar-refractivity contribution is 0.0969. The second-order valence-electron chi connectivity index (χ2n) is 5.32. The van der Waals surface area contributed by atoms with Gasteiger partial charge in [-0.2, -0.15) is 0 Å². The average molecular weight is 267 g/mol. The second kappa shape index (κ2) is 5.08. The molecule has 0 fully saturated rings. The van der Waals surface area contributed by atoms with Crippen molar-refractivity contribution in [3.63, 3.8) is 0 Å². The lowest BCUT2D eigenvalue weighted by Crippen LogP contribution is -2.26. The van der Waals surface area contributed by atoms with Crippen molar-refractivity contribution >= 4 is 5.78 Å². The van der Waals surface area contributed by atoms with E-state index in [4.69, 9.17) is 0 Å². The molecule has 0 radical (unpaired) electrons. The summed E-state index contributed by atoms with van der Waals surface area (Å²) in [6.45, 7) is 2.07. The fourth-order valence-corrected chi connectivity index (χ4v) is 2.92. The number of hydrogen-bond acceptors (Lipinski definition) is 2. The molecule has 0 amide bonds. The fourth-order valence-electron chi connectivity index (χ4n) is 2.92. The van der Waals surface area contributed by atoms with Gasteiger partial charge in [-0.25, -0.2) is 0 Å². The zero-order chi connectivity index (χ0) is 14.1. The zero-order valence-corrected chi connectivity index (χ0v) is 11.6. The third-order valence-corrected chi connectivity index (χ3v) is 4.00. The number of hydrogen-bond donors (Lipinski definition) is 0. The van der Waals surface area contributed by atoms with Crippen molar-refractivity contribution in [3.8, 4) is 0 Å². The van der Waals surface area contributed by atoms with Gasteiger partial charge in [0.1, 0.15) is 0 Å². The maximum Gasteiger partial charge on any atom is 0.251 e. The molecule has 1 aliphatic rings. The molecule has 0 atom stereocenters. The van der Waals surface area contributed by atoms with E-state index in [9.17, 15) is 9.59 Å². The topological polar surface area (TPSA) is 39.1 Å². The first-order chi connectivity index (χ1) is 9.66. The van der Waals surface area contributed by atoms with Crippen molar-refractivity contribution in [2.24, 2.45) is 0 Å². The highest BCUT2D eigenvalue weighted by atomic mass is 16.1. The number of carbonyl (C=O) groups is 1. The van der Waals surface area contributed by atoms with Crippen LogP contribution in [0.1, 0.15) is 33.6 Å². The maximum absolute atomic E-state index is 12.4. The van der Waals surface area contributed by atoms with Gasteiger partial charge in [0, 0.05) is 17.3 Å². The summed E-state index contributed by atoms with van der Waals surface area (Å²) in [5.74, 6) is 0.00509. The molecule has 20 heavy (non-hydrogen) atoms. The highest BCUT2D eigenvalue weighted by Gasteiger charge is 2.18. The highest BCUT2D eigenvalue weighted by Crippen LogP contribution is 2.20. The number of aryl methyl sites for hydroxylation is 2. The minimum atomic E-state index is -0.0763. The standard InChI is InChI=1S/C17H17NO2/c1-12-5-2-3-7-14(12)16(19)11-18-15-8-4-6-13(15)9-10-17(18)20/h2-3,5,7,9-10H,4,6,8,11H2,1H3. The summed E-state index contributed by atoms with van der Waals surface area (Å²) in [6.07, 6.45) is 2.97. The van der Waals surface area contributed by atoms with Gasteiger partial charge in [0.2, 0.25) is 0 Å². The quantitative estimate of drug-likeness (QED) is 0.802.